The lowest BCUT2D eigenvalue weighted by atomic mass is 9.62. The predicted octanol–water partition coefficient (Wildman–Crippen LogP) is 5.42. The van der Waals surface area contributed by atoms with Gasteiger partial charge in [-0.25, -0.2) is 0 Å². The van der Waals surface area contributed by atoms with Crippen molar-refractivity contribution in [2.45, 2.75) is 57.1 Å². The molecule has 0 saturated heterocycles. The van der Waals surface area contributed by atoms with E-state index in [9.17, 15) is 4.79 Å². The Bertz CT molecular complexity index is 1070. The average molecular weight is 425 g/mol. The van der Waals surface area contributed by atoms with Crippen LogP contribution in [0.15, 0.2) is 59.5 Å². The molecule has 1 aliphatic rings. The Balaban J connectivity index is 1.56. The Morgan fingerprint density at radius 1 is 1.13 bits per heavy atom. The first kappa shape index (κ1) is 21.0. The largest absolute Gasteiger partial charge is 0.489 e. The van der Waals surface area contributed by atoms with Crippen LogP contribution in [-0.2, 0) is 5.41 Å². The van der Waals surface area contributed by atoms with Gasteiger partial charge in [-0.05, 0) is 60.7 Å². The number of aromatic amines is 1. The van der Waals surface area contributed by atoms with E-state index in [1.165, 1.54) is 5.56 Å². The molecule has 1 atom stereocenters. The third-order valence-electron chi connectivity index (χ3n) is 6.65. The SMILES string of the molecule is CC(C)C(N)C1(c2ccccc2)CCC(Oc2cc3cc[nH]c(=O)c3cc2Cl)CC1. The fraction of sp³-hybridized carbons (Fsp3) is 0.400. The molecule has 1 aromatic heterocycles. The monoisotopic (exact) mass is 424 g/mol. The van der Waals surface area contributed by atoms with Crippen LogP contribution in [0.1, 0.15) is 45.1 Å². The molecule has 0 spiro atoms. The van der Waals surface area contributed by atoms with Gasteiger partial charge in [-0.3, -0.25) is 4.79 Å². The van der Waals surface area contributed by atoms with Gasteiger partial charge in [0.25, 0.3) is 5.56 Å². The van der Waals surface area contributed by atoms with Crippen molar-refractivity contribution < 1.29 is 4.74 Å². The Morgan fingerprint density at radius 2 is 1.83 bits per heavy atom. The minimum Gasteiger partial charge on any atom is -0.489 e. The Hall–Kier alpha value is -2.30. The van der Waals surface area contributed by atoms with E-state index in [1.54, 1.807) is 12.3 Å². The fourth-order valence-electron chi connectivity index (χ4n) is 4.91. The van der Waals surface area contributed by atoms with Gasteiger partial charge in [0.2, 0.25) is 0 Å². The van der Waals surface area contributed by atoms with Crippen molar-refractivity contribution in [3.05, 3.63) is 75.7 Å². The molecule has 5 heteroatoms. The van der Waals surface area contributed by atoms with Crippen molar-refractivity contribution in [3.8, 4) is 5.75 Å². The van der Waals surface area contributed by atoms with Crippen LogP contribution < -0.4 is 16.0 Å². The van der Waals surface area contributed by atoms with Crippen LogP contribution in [0.2, 0.25) is 5.02 Å². The number of fused-ring (bicyclic) bond motifs is 1. The van der Waals surface area contributed by atoms with Crippen molar-refractivity contribution in [3.63, 3.8) is 0 Å². The van der Waals surface area contributed by atoms with Gasteiger partial charge in [0.15, 0.2) is 0 Å². The first-order chi connectivity index (χ1) is 14.4. The van der Waals surface area contributed by atoms with Crippen LogP contribution in [0.3, 0.4) is 0 Å². The van der Waals surface area contributed by atoms with Crippen molar-refractivity contribution in [2.24, 2.45) is 11.7 Å². The molecule has 1 aliphatic carbocycles. The minimum atomic E-state index is -0.145. The highest BCUT2D eigenvalue weighted by molar-refractivity contribution is 6.32. The summed E-state index contributed by atoms with van der Waals surface area (Å²) >= 11 is 6.44. The molecule has 3 N–H and O–H groups in total. The summed E-state index contributed by atoms with van der Waals surface area (Å²) in [7, 11) is 0. The van der Waals surface area contributed by atoms with Crippen molar-refractivity contribution >= 4 is 22.4 Å². The number of H-pyrrole nitrogens is 1. The predicted molar refractivity (Wildman–Crippen MR) is 123 cm³/mol. The normalized spacial score (nSPS) is 22.9. The van der Waals surface area contributed by atoms with E-state index in [4.69, 9.17) is 22.1 Å². The Morgan fingerprint density at radius 3 is 2.50 bits per heavy atom. The molecule has 1 saturated carbocycles. The zero-order chi connectivity index (χ0) is 21.3. The topological polar surface area (TPSA) is 68.1 Å². The molecule has 0 aliphatic heterocycles. The smallest absolute Gasteiger partial charge is 0.255 e. The molecule has 1 fully saturated rings. The number of pyridine rings is 1. The standard InChI is InChI=1S/C25H29ClN2O2/c1-16(2)23(27)25(18-6-4-3-5-7-18)11-8-19(9-12-25)30-22-14-17-10-13-28-24(29)20(17)15-21(22)26/h3-7,10,13-16,19,23H,8-9,11-12,27H2,1-2H3,(H,28,29). The first-order valence-corrected chi connectivity index (χ1v) is 11.1. The maximum atomic E-state index is 12.0. The molecule has 4 rings (SSSR count). The molecule has 0 bridgehead atoms. The molecule has 1 unspecified atom stereocenters. The highest BCUT2D eigenvalue weighted by Gasteiger charge is 2.43. The van der Waals surface area contributed by atoms with Crippen molar-refractivity contribution in [1.82, 2.24) is 4.98 Å². The maximum Gasteiger partial charge on any atom is 0.255 e. The Kier molecular flexibility index (Phi) is 5.90. The second-order valence-corrected chi connectivity index (χ2v) is 9.19. The molecule has 4 nitrogen and oxygen atoms in total. The third kappa shape index (κ3) is 3.86. The van der Waals surface area contributed by atoms with E-state index >= 15 is 0 Å². The van der Waals surface area contributed by atoms with E-state index in [2.05, 4.69) is 49.2 Å². The van der Waals surface area contributed by atoms with Crippen LogP contribution in [0, 0.1) is 5.92 Å². The molecule has 0 amide bonds. The number of rotatable bonds is 5. The lowest BCUT2D eigenvalue weighted by Gasteiger charge is -2.46. The van der Waals surface area contributed by atoms with Gasteiger partial charge in [0, 0.05) is 23.0 Å². The quantitative estimate of drug-likeness (QED) is 0.574. The number of benzene rings is 2. The van der Waals surface area contributed by atoms with E-state index in [-0.39, 0.29) is 23.1 Å². The second kappa shape index (κ2) is 8.44. The Labute approximate surface area is 182 Å². The third-order valence-corrected chi connectivity index (χ3v) is 6.94. The summed E-state index contributed by atoms with van der Waals surface area (Å²) in [4.78, 5) is 14.7. The fourth-order valence-corrected chi connectivity index (χ4v) is 5.11. The average Bonchev–Trinajstić information content (AvgIpc) is 2.76. The van der Waals surface area contributed by atoms with Gasteiger partial charge in [0.05, 0.1) is 11.1 Å². The maximum absolute atomic E-state index is 12.0. The minimum absolute atomic E-state index is 0.0320. The zero-order valence-corrected chi connectivity index (χ0v) is 18.3. The number of hydrogen-bond acceptors (Lipinski definition) is 3. The van der Waals surface area contributed by atoms with Gasteiger partial charge in [-0.2, -0.15) is 0 Å². The lowest BCUT2D eigenvalue weighted by molar-refractivity contribution is 0.0959. The summed E-state index contributed by atoms with van der Waals surface area (Å²) in [5, 5.41) is 1.87. The summed E-state index contributed by atoms with van der Waals surface area (Å²) in [6, 6.07) is 16.2. The second-order valence-electron chi connectivity index (χ2n) is 8.79. The molecule has 1 heterocycles. The van der Waals surface area contributed by atoms with Crippen LogP contribution in [0.5, 0.6) is 5.75 Å². The highest BCUT2D eigenvalue weighted by Crippen LogP contribution is 2.44. The zero-order valence-electron chi connectivity index (χ0n) is 17.5. The molecular weight excluding hydrogens is 396 g/mol. The molecule has 30 heavy (non-hydrogen) atoms. The van der Waals surface area contributed by atoms with Crippen molar-refractivity contribution in [2.75, 3.05) is 0 Å². The van der Waals surface area contributed by atoms with E-state index < -0.39 is 0 Å². The van der Waals surface area contributed by atoms with E-state index in [0.29, 0.717) is 22.1 Å². The summed E-state index contributed by atoms with van der Waals surface area (Å²) < 4.78 is 6.32. The highest BCUT2D eigenvalue weighted by atomic mass is 35.5. The van der Waals surface area contributed by atoms with Crippen LogP contribution in [0.25, 0.3) is 10.8 Å². The molecule has 3 aromatic rings. The van der Waals surface area contributed by atoms with Crippen LogP contribution in [-0.4, -0.2) is 17.1 Å². The summed E-state index contributed by atoms with van der Waals surface area (Å²) in [5.41, 5.74) is 7.91. The summed E-state index contributed by atoms with van der Waals surface area (Å²) in [6.07, 6.45) is 5.51. The van der Waals surface area contributed by atoms with Crippen LogP contribution >= 0.6 is 11.6 Å². The number of nitrogens with two attached hydrogens (primary N) is 1. The molecule has 0 radical (unpaired) electrons. The van der Waals surface area contributed by atoms with Crippen molar-refractivity contribution in [1.29, 1.82) is 0 Å². The number of ether oxygens (including phenoxy) is 1. The van der Waals surface area contributed by atoms with Gasteiger partial charge in [-0.1, -0.05) is 55.8 Å². The number of aromatic nitrogens is 1. The van der Waals surface area contributed by atoms with Crippen LogP contribution in [0.4, 0.5) is 0 Å². The van der Waals surface area contributed by atoms with Gasteiger partial charge in [-0.15, -0.1) is 0 Å². The summed E-state index contributed by atoms with van der Waals surface area (Å²) in [5.74, 6) is 1.04. The molecule has 158 valence electrons. The van der Waals surface area contributed by atoms with Gasteiger partial charge in [0.1, 0.15) is 5.75 Å². The number of nitrogens with one attached hydrogen (secondary N) is 1. The first-order valence-electron chi connectivity index (χ1n) is 10.7. The van der Waals surface area contributed by atoms with E-state index in [1.807, 2.05) is 12.1 Å². The van der Waals surface area contributed by atoms with Gasteiger partial charge < -0.3 is 15.5 Å². The van der Waals surface area contributed by atoms with E-state index in [0.717, 1.165) is 31.1 Å². The molecule has 2 aromatic carbocycles. The number of halogens is 1. The molecular formula is C25H29ClN2O2. The number of hydrogen-bond donors (Lipinski definition) is 2. The van der Waals surface area contributed by atoms with Gasteiger partial charge >= 0.3 is 0 Å². The lowest BCUT2D eigenvalue weighted by Crippen LogP contribution is -2.51. The summed E-state index contributed by atoms with van der Waals surface area (Å²) in [6.45, 7) is 4.41.